The van der Waals surface area contributed by atoms with Crippen molar-refractivity contribution in [2.75, 3.05) is 0 Å². The molecule has 2 aromatic heterocycles. The summed E-state index contributed by atoms with van der Waals surface area (Å²) in [6.07, 6.45) is 6.92. The maximum Gasteiger partial charge on any atom is 0.270 e. The monoisotopic (exact) mass is 395 g/mol. The molecule has 1 fully saturated rings. The SMILES string of the molecule is Cc1nc2ccc(Cl)cn2c1C(=O)NCc1ccc2c(c1)CC(C1CCC1)O2. The van der Waals surface area contributed by atoms with Gasteiger partial charge in [-0.2, -0.15) is 0 Å². The number of aryl methyl sites for hydroxylation is 1. The average molecular weight is 396 g/mol. The summed E-state index contributed by atoms with van der Waals surface area (Å²) in [5.41, 5.74) is 4.25. The summed E-state index contributed by atoms with van der Waals surface area (Å²) in [6.45, 7) is 2.30. The Balaban J connectivity index is 1.30. The molecule has 1 amide bonds. The van der Waals surface area contributed by atoms with E-state index < -0.39 is 0 Å². The molecular formula is C22H22ClN3O2. The molecule has 0 bridgehead atoms. The quantitative estimate of drug-likeness (QED) is 0.715. The van der Waals surface area contributed by atoms with Gasteiger partial charge in [-0.1, -0.05) is 30.2 Å². The number of aromatic nitrogens is 2. The zero-order valence-corrected chi connectivity index (χ0v) is 16.5. The molecule has 1 atom stereocenters. The molecule has 3 heterocycles. The van der Waals surface area contributed by atoms with Crippen LogP contribution in [0.2, 0.25) is 5.02 Å². The van der Waals surface area contributed by atoms with Crippen molar-refractivity contribution >= 4 is 23.2 Å². The second-order valence-corrected chi connectivity index (χ2v) is 8.23. The molecule has 1 aromatic carbocycles. The van der Waals surface area contributed by atoms with Crippen LogP contribution >= 0.6 is 11.6 Å². The zero-order valence-electron chi connectivity index (χ0n) is 15.7. The number of rotatable bonds is 4. The van der Waals surface area contributed by atoms with Gasteiger partial charge in [0.1, 0.15) is 23.2 Å². The first kappa shape index (κ1) is 17.6. The molecule has 3 aromatic rings. The fraction of sp³-hybridized carbons (Fsp3) is 0.364. The number of halogens is 1. The Labute approximate surface area is 168 Å². The number of nitrogens with zero attached hydrogens (tertiary/aromatic N) is 2. The smallest absolute Gasteiger partial charge is 0.270 e. The molecule has 0 radical (unpaired) electrons. The van der Waals surface area contributed by atoms with Crippen LogP contribution in [-0.2, 0) is 13.0 Å². The van der Waals surface area contributed by atoms with Crippen LogP contribution in [0, 0.1) is 12.8 Å². The summed E-state index contributed by atoms with van der Waals surface area (Å²) in [5.74, 6) is 1.55. The third-order valence-electron chi connectivity index (χ3n) is 5.92. The summed E-state index contributed by atoms with van der Waals surface area (Å²) in [6, 6.07) is 9.81. The Bertz CT molecular complexity index is 1070. The lowest BCUT2D eigenvalue weighted by atomic mass is 9.80. The fourth-order valence-corrected chi connectivity index (χ4v) is 4.35. The summed E-state index contributed by atoms with van der Waals surface area (Å²) < 4.78 is 7.86. The zero-order chi connectivity index (χ0) is 19.3. The molecule has 144 valence electrons. The van der Waals surface area contributed by atoms with Crippen molar-refractivity contribution in [2.24, 2.45) is 5.92 Å². The number of ether oxygens (including phenoxy) is 1. The van der Waals surface area contributed by atoms with Crippen LogP contribution in [-0.4, -0.2) is 21.4 Å². The Morgan fingerprint density at radius 2 is 2.18 bits per heavy atom. The van der Waals surface area contributed by atoms with E-state index in [2.05, 4.69) is 16.4 Å². The molecular weight excluding hydrogens is 374 g/mol. The van der Waals surface area contributed by atoms with Gasteiger partial charge in [-0.05, 0) is 55.0 Å². The van der Waals surface area contributed by atoms with E-state index in [-0.39, 0.29) is 5.91 Å². The van der Waals surface area contributed by atoms with E-state index in [1.54, 1.807) is 16.7 Å². The van der Waals surface area contributed by atoms with Gasteiger partial charge < -0.3 is 10.1 Å². The van der Waals surface area contributed by atoms with Crippen molar-refractivity contribution in [1.82, 2.24) is 14.7 Å². The average Bonchev–Trinajstić information content (AvgIpc) is 3.17. The maximum atomic E-state index is 12.8. The largest absolute Gasteiger partial charge is 0.490 e. The fourth-order valence-electron chi connectivity index (χ4n) is 4.19. The minimum atomic E-state index is -0.156. The Morgan fingerprint density at radius 1 is 1.32 bits per heavy atom. The third-order valence-corrected chi connectivity index (χ3v) is 6.15. The van der Waals surface area contributed by atoms with Crippen LogP contribution in [0.3, 0.4) is 0 Å². The Hall–Kier alpha value is -2.53. The normalized spacial score (nSPS) is 18.6. The highest BCUT2D eigenvalue weighted by Gasteiger charge is 2.33. The number of carbonyl (C=O) groups is 1. The van der Waals surface area contributed by atoms with Crippen molar-refractivity contribution in [3.8, 4) is 5.75 Å². The van der Waals surface area contributed by atoms with Crippen molar-refractivity contribution in [3.63, 3.8) is 0 Å². The minimum Gasteiger partial charge on any atom is -0.490 e. The van der Waals surface area contributed by atoms with E-state index in [0.717, 1.165) is 17.7 Å². The van der Waals surface area contributed by atoms with Gasteiger partial charge in [0.05, 0.1) is 10.7 Å². The van der Waals surface area contributed by atoms with Gasteiger partial charge in [-0.15, -0.1) is 0 Å². The molecule has 2 aliphatic rings. The molecule has 1 unspecified atom stereocenters. The number of nitrogens with one attached hydrogen (secondary N) is 1. The molecule has 1 aliphatic carbocycles. The van der Waals surface area contributed by atoms with Crippen LogP contribution in [0.15, 0.2) is 36.5 Å². The van der Waals surface area contributed by atoms with E-state index in [1.165, 1.54) is 24.8 Å². The van der Waals surface area contributed by atoms with Crippen molar-refractivity contribution < 1.29 is 9.53 Å². The molecule has 0 spiro atoms. The Kier molecular flexibility index (Phi) is 4.27. The van der Waals surface area contributed by atoms with Gasteiger partial charge in [-0.25, -0.2) is 4.98 Å². The predicted molar refractivity (Wildman–Crippen MR) is 108 cm³/mol. The molecule has 1 N–H and O–H groups in total. The second kappa shape index (κ2) is 6.82. The maximum absolute atomic E-state index is 12.8. The Morgan fingerprint density at radius 3 is 2.96 bits per heavy atom. The lowest BCUT2D eigenvalue weighted by molar-refractivity contribution is 0.0944. The summed E-state index contributed by atoms with van der Waals surface area (Å²) in [4.78, 5) is 17.2. The molecule has 0 saturated heterocycles. The van der Waals surface area contributed by atoms with Crippen LogP contribution < -0.4 is 10.1 Å². The van der Waals surface area contributed by atoms with Gasteiger partial charge in [0.25, 0.3) is 5.91 Å². The third kappa shape index (κ3) is 3.04. The summed E-state index contributed by atoms with van der Waals surface area (Å²) in [7, 11) is 0. The van der Waals surface area contributed by atoms with Gasteiger partial charge in [0, 0.05) is 19.2 Å². The first-order valence-corrected chi connectivity index (χ1v) is 10.2. The lowest BCUT2D eigenvalue weighted by Crippen LogP contribution is -2.30. The van der Waals surface area contributed by atoms with E-state index in [0.29, 0.717) is 40.6 Å². The van der Waals surface area contributed by atoms with Crippen molar-refractivity contribution in [1.29, 1.82) is 0 Å². The van der Waals surface area contributed by atoms with Crippen LogP contribution in [0.4, 0.5) is 0 Å². The topological polar surface area (TPSA) is 55.6 Å². The van der Waals surface area contributed by atoms with Crippen molar-refractivity contribution in [2.45, 2.75) is 45.3 Å². The van der Waals surface area contributed by atoms with Gasteiger partial charge >= 0.3 is 0 Å². The van der Waals surface area contributed by atoms with E-state index in [9.17, 15) is 4.79 Å². The highest BCUT2D eigenvalue weighted by atomic mass is 35.5. The first-order valence-electron chi connectivity index (χ1n) is 9.79. The number of imidazole rings is 1. The van der Waals surface area contributed by atoms with Crippen molar-refractivity contribution in [3.05, 3.63) is 64.1 Å². The lowest BCUT2D eigenvalue weighted by Gasteiger charge is -2.30. The van der Waals surface area contributed by atoms with E-state index >= 15 is 0 Å². The number of amides is 1. The molecule has 5 rings (SSSR count). The molecule has 5 nitrogen and oxygen atoms in total. The number of benzene rings is 1. The standard InChI is InChI=1S/C22H22ClN3O2/c1-13-21(26-12-17(23)6-8-20(26)25-13)22(27)24-11-14-5-7-18-16(9-14)10-19(28-18)15-3-2-4-15/h5-9,12,15,19H,2-4,10-11H2,1H3,(H,24,27). The van der Waals surface area contributed by atoms with E-state index in [1.807, 2.05) is 25.1 Å². The predicted octanol–water partition coefficient (Wildman–Crippen LogP) is 4.33. The molecule has 1 saturated carbocycles. The van der Waals surface area contributed by atoms with Crippen LogP contribution in [0.1, 0.15) is 46.6 Å². The number of carbonyl (C=O) groups excluding carboxylic acids is 1. The van der Waals surface area contributed by atoms with E-state index in [4.69, 9.17) is 16.3 Å². The number of fused-ring (bicyclic) bond motifs is 2. The van der Waals surface area contributed by atoms with Gasteiger partial charge in [0.2, 0.25) is 0 Å². The van der Waals surface area contributed by atoms with Crippen LogP contribution in [0.5, 0.6) is 5.75 Å². The van der Waals surface area contributed by atoms with Crippen LogP contribution in [0.25, 0.3) is 5.65 Å². The molecule has 28 heavy (non-hydrogen) atoms. The highest BCUT2D eigenvalue weighted by Crippen LogP contribution is 2.39. The highest BCUT2D eigenvalue weighted by molar-refractivity contribution is 6.30. The minimum absolute atomic E-state index is 0.156. The van der Waals surface area contributed by atoms with Gasteiger partial charge in [0.15, 0.2) is 0 Å². The first-order chi connectivity index (χ1) is 13.6. The number of hydrogen-bond donors (Lipinski definition) is 1. The summed E-state index contributed by atoms with van der Waals surface area (Å²) >= 11 is 6.09. The summed E-state index contributed by atoms with van der Waals surface area (Å²) in [5, 5.41) is 3.59. The number of pyridine rings is 1. The number of hydrogen-bond acceptors (Lipinski definition) is 3. The molecule has 1 aliphatic heterocycles. The second-order valence-electron chi connectivity index (χ2n) is 7.80. The molecule has 6 heteroatoms. The van der Waals surface area contributed by atoms with Gasteiger partial charge in [-0.3, -0.25) is 9.20 Å².